The zero-order chi connectivity index (χ0) is 12.5. The molecule has 0 spiro atoms. The van der Waals surface area contributed by atoms with E-state index < -0.39 is 5.91 Å². The van der Waals surface area contributed by atoms with Crippen LogP contribution in [0.15, 0.2) is 24.4 Å². The molecule has 90 valence electrons. The van der Waals surface area contributed by atoms with Crippen LogP contribution in [0.1, 0.15) is 10.6 Å². The number of nitrogens with zero attached hydrogens (tertiary/aromatic N) is 3. The van der Waals surface area contributed by atoms with Crippen molar-refractivity contribution < 1.29 is 4.79 Å². The number of fused-ring (bicyclic) bond motifs is 1. The second kappa shape index (κ2) is 3.84. The zero-order valence-electron chi connectivity index (χ0n) is 9.14. The quantitative estimate of drug-likeness (QED) is 0.522. The van der Waals surface area contributed by atoms with Gasteiger partial charge in [0.15, 0.2) is 0 Å². The summed E-state index contributed by atoms with van der Waals surface area (Å²) in [4.78, 5) is 15.5. The Kier molecular flexibility index (Phi) is 2.19. The van der Waals surface area contributed by atoms with Gasteiger partial charge in [-0.3, -0.25) is 15.0 Å². The van der Waals surface area contributed by atoms with E-state index in [1.54, 1.807) is 18.3 Å². The second-order valence-corrected chi connectivity index (χ2v) is 3.67. The van der Waals surface area contributed by atoms with Crippen LogP contribution in [-0.4, -0.2) is 31.3 Å². The monoisotopic (exact) mass is 243 g/mol. The number of nitrogens with one attached hydrogen (secondary N) is 3. The van der Waals surface area contributed by atoms with Crippen molar-refractivity contribution in [2.45, 2.75) is 0 Å². The molecule has 8 nitrogen and oxygen atoms in total. The van der Waals surface area contributed by atoms with Crippen molar-refractivity contribution in [3.63, 3.8) is 0 Å². The lowest BCUT2D eigenvalue weighted by atomic mass is 10.2. The van der Waals surface area contributed by atoms with E-state index in [2.05, 4.69) is 30.7 Å². The van der Waals surface area contributed by atoms with Crippen LogP contribution in [0, 0.1) is 0 Å². The Labute approximate surface area is 101 Å². The van der Waals surface area contributed by atoms with E-state index in [0.717, 1.165) is 10.9 Å². The molecule has 3 rings (SSSR count). The van der Waals surface area contributed by atoms with Crippen LogP contribution in [-0.2, 0) is 0 Å². The summed E-state index contributed by atoms with van der Waals surface area (Å²) in [7, 11) is 0. The van der Waals surface area contributed by atoms with Crippen molar-refractivity contribution in [1.29, 1.82) is 0 Å². The molecule has 18 heavy (non-hydrogen) atoms. The number of H-pyrrole nitrogens is 2. The number of carbonyl (C=O) groups is 1. The smallest absolute Gasteiger partial charge is 0.293 e. The van der Waals surface area contributed by atoms with Gasteiger partial charge in [-0.25, -0.2) is 0 Å². The van der Waals surface area contributed by atoms with Crippen molar-refractivity contribution in [3.8, 4) is 0 Å². The van der Waals surface area contributed by atoms with Crippen molar-refractivity contribution in [2.75, 3.05) is 11.1 Å². The Balaban J connectivity index is 1.85. The number of carbonyl (C=O) groups excluding carboxylic acids is 1. The second-order valence-electron chi connectivity index (χ2n) is 3.67. The molecule has 1 amide bonds. The highest BCUT2D eigenvalue weighted by atomic mass is 16.2. The van der Waals surface area contributed by atoms with Crippen LogP contribution in [0.2, 0.25) is 0 Å². The van der Waals surface area contributed by atoms with Gasteiger partial charge < -0.3 is 11.1 Å². The maximum absolute atomic E-state index is 11.8. The average Bonchev–Trinajstić information content (AvgIpc) is 2.96. The normalized spacial score (nSPS) is 10.7. The molecular formula is C10H9N7O. The molecule has 0 aliphatic carbocycles. The number of nitrogen functional groups attached to an aromatic ring is 1. The maximum Gasteiger partial charge on any atom is 0.293 e. The van der Waals surface area contributed by atoms with Crippen molar-refractivity contribution >= 4 is 28.4 Å². The molecule has 1 aromatic carbocycles. The number of benzene rings is 1. The number of aromatic amines is 2. The summed E-state index contributed by atoms with van der Waals surface area (Å²) in [5.41, 5.74) is 6.79. The van der Waals surface area contributed by atoms with Crippen molar-refractivity contribution in [3.05, 3.63) is 30.2 Å². The molecule has 5 N–H and O–H groups in total. The number of amides is 1. The SMILES string of the molecule is Nc1n[nH]c(C(=O)Nc2ccc3cn[nH]c3c2)n1. The van der Waals surface area contributed by atoms with Gasteiger partial charge in [0, 0.05) is 11.1 Å². The van der Waals surface area contributed by atoms with E-state index in [1.807, 2.05) is 6.07 Å². The third-order valence-corrected chi connectivity index (χ3v) is 2.42. The van der Waals surface area contributed by atoms with Gasteiger partial charge in [0.05, 0.1) is 11.7 Å². The molecule has 0 unspecified atom stereocenters. The summed E-state index contributed by atoms with van der Waals surface area (Å²) in [5.74, 6) is -0.306. The van der Waals surface area contributed by atoms with E-state index in [-0.39, 0.29) is 11.8 Å². The number of rotatable bonds is 2. The third-order valence-electron chi connectivity index (χ3n) is 2.42. The predicted molar refractivity (Wildman–Crippen MR) is 64.8 cm³/mol. The van der Waals surface area contributed by atoms with E-state index in [1.165, 1.54) is 0 Å². The van der Waals surface area contributed by atoms with Crippen LogP contribution in [0.3, 0.4) is 0 Å². The maximum atomic E-state index is 11.8. The molecule has 0 saturated carbocycles. The van der Waals surface area contributed by atoms with Crippen LogP contribution in [0.4, 0.5) is 11.6 Å². The third kappa shape index (κ3) is 1.75. The summed E-state index contributed by atoms with van der Waals surface area (Å²) >= 11 is 0. The van der Waals surface area contributed by atoms with Gasteiger partial charge >= 0.3 is 0 Å². The fourth-order valence-electron chi connectivity index (χ4n) is 1.58. The summed E-state index contributed by atoms with van der Waals surface area (Å²) in [6.07, 6.45) is 1.71. The minimum Gasteiger partial charge on any atom is -0.366 e. The molecule has 0 atom stereocenters. The highest BCUT2D eigenvalue weighted by molar-refractivity contribution is 6.02. The topological polar surface area (TPSA) is 125 Å². The molecule has 0 radical (unpaired) electrons. The standard InChI is InChI=1S/C10H9N7O/c11-10-14-8(16-17-10)9(18)13-6-2-1-5-4-12-15-7(5)3-6/h1-4H,(H,12,15)(H,13,18)(H3,11,14,16,17). The van der Waals surface area contributed by atoms with Gasteiger partial charge in [-0.15, -0.1) is 5.10 Å². The van der Waals surface area contributed by atoms with Crippen molar-refractivity contribution in [2.24, 2.45) is 0 Å². The van der Waals surface area contributed by atoms with Crippen LogP contribution < -0.4 is 11.1 Å². The van der Waals surface area contributed by atoms with Gasteiger partial charge in [0.1, 0.15) is 0 Å². The lowest BCUT2D eigenvalue weighted by Crippen LogP contribution is -2.13. The average molecular weight is 243 g/mol. The lowest BCUT2D eigenvalue weighted by Gasteiger charge is -2.02. The zero-order valence-corrected chi connectivity index (χ0v) is 9.14. The molecule has 3 aromatic rings. The number of anilines is 2. The lowest BCUT2D eigenvalue weighted by molar-refractivity contribution is 0.101. The molecule has 0 bridgehead atoms. The van der Waals surface area contributed by atoms with Gasteiger partial charge in [0.25, 0.3) is 5.91 Å². The molecule has 8 heteroatoms. The minimum absolute atomic E-state index is 0.0316. The summed E-state index contributed by atoms with van der Waals surface area (Å²) in [6, 6.07) is 5.40. The first-order valence-corrected chi connectivity index (χ1v) is 5.15. The van der Waals surface area contributed by atoms with Crippen LogP contribution >= 0.6 is 0 Å². The van der Waals surface area contributed by atoms with Gasteiger partial charge in [-0.2, -0.15) is 10.1 Å². The summed E-state index contributed by atoms with van der Waals surface area (Å²) in [5, 5.41) is 16.4. The van der Waals surface area contributed by atoms with E-state index in [4.69, 9.17) is 5.73 Å². The first-order valence-electron chi connectivity index (χ1n) is 5.15. The fraction of sp³-hybridized carbons (Fsp3) is 0. The van der Waals surface area contributed by atoms with Crippen molar-refractivity contribution in [1.82, 2.24) is 25.4 Å². The van der Waals surface area contributed by atoms with Gasteiger partial charge in [0.2, 0.25) is 11.8 Å². The van der Waals surface area contributed by atoms with Gasteiger partial charge in [-0.05, 0) is 18.2 Å². The Morgan fingerprint density at radius 1 is 1.33 bits per heavy atom. The molecule has 0 saturated heterocycles. The summed E-state index contributed by atoms with van der Waals surface area (Å²) in [6.45, 7) is 0. The Morgan fingerprint density at radius 3 is 3.00 bits per heavy atom. The molecule has 0 aliphatic heterocycles. The van der Waals surface area contributed by atoms with E-state index in [0.29, 0.717) is 5.69 Å². The van der Waals surface area contributed by atoms with Crippen LogP contribution in [0.5, 0.6) is 0 Å². The highest BCUT2D eigenvalue weighted by Crippen LogP contribution is 2.16. The molecule has 0 fully saturated rings. The number of hydrogen-bond acceptors (Lipinski definition) is 5. The number of hydrogen-bond donors (Lipinski definition) is 4. The first-order chi connectivity index (χ1) is 8.72. The number of aromatic nitrogens is 5. The molecule has 0 aliphatic rings. The molecule has 2 aromatic heterocycles. The first kappa shape index (κ1) is 10.3. The largest absolute Gasteiger partial charge is 0.366 e. The summed E-state index contributed by atoms with van der Waals surface area (Å²) < 4.78 is 0. The van der Waals surface area contributed by atoms with Gasteiger partial charge in [-0.1, -0.05) is 0 Å². The predicted octanol–water partition coefficient (Wildman–Crippen LogP) is 0.515. The van der Waals surface area contributed by atoms with Crippen LogP contribution in [0.25, 0.3) is 10.9 Å². The van der Waals surface area contributed by atoms with E-state index in [9.17, 15) is 4.79 Å². The van der Waals surface area contributed by atoms with E-state index >= 15 is 0 Å². The Morgan fingerprint density at radius 2 is 2.22 bits per heavy atom. The molecular weight excluding hydrogens is 234 g/mol. The fourth-order valence-corrected chi connectivity index (χ4v) is 1.58. The minimum atomic E-state index is -0.405. The Hall–Kier alpha value is -2.90. The Bertz CT molecular complexity index is 714. The highest BCUT2D eigenvalue weighted by Gasteiger charge is 2.11. The molecule has 2 heterocycles. The number of nitrogens with two attached hydrogens (primary N) is 1.